The second-order valence-electron chi connectivity index (χ2n) is 26.7. The summed E-state index contributed by atoms with van der Waals surface area (Å²) in [6.45, 7) is 1.69. The number of rotatable bonds is 58. The van der Waals surface area contributed by atoms with Crippen LogP contribution in [0.1, 0.15) is 264 Å². The van der Waals surface area contributed by atoms with Gasteiger partial charge in [0.25, 0.3) is 0 Å². The second-order valence-corrected chi connectivity index (χ2v) is 26.7. The van der Waals surface area contributed by atoms with Gasteiger partial charge in [0.1, 0.15) is 73.2 Å². The van der Waals surface area contributed by atoms with Crippen molar-refractivity contribution >= 4 is 5.91 Å². The molecule has 1 amide bonds. The Morgan fingerprint density at radius 1 is 0.385 bits per heavy atom. The maximum Gasteiger partial charge on any atom is 0.220 e. The lowest BCUT2D eigenvalue weighted by Gasteiger charge is -2.48. The van der Waals surface area contributed by atoms with Gasteiger partial charge in [-0.3, -0.25) is 4.79 Å². The molecule has 19 nitrogen and oxygen atoms in total. The highest BCUT2D eigenvalue weighted by Crippen LogP contribution is 2.33. The van der Waals surface area contributed by atoms with Gasteiger partial charge in [0, 0.05) is 6.42 Å². The van der Waals surface area contributed by atoms with E-state index in [1.165, 1.54) is 135 Å². The van der Waals surface area contributed by atoms with Crippen LogP contribution in [0.25, 0.3) is 0 Å². The lowest BCUT2D eigenvalue weighted by Crippen LogP contribution is -2.66. The summed E-state index contributed by atoms with van der Waals surface area (Å²) in [5.41, 5.74) is 0. The summed E-state index contributed by atoms with van der Waals surface area (Å²) in [6.07, 6.45) is 48.0. The lowest BCUT2D eigenvalue weighted by atomic mass is 9.96. The summed E-state index contributed by atoms with van der Waals surface area (Å²) in [5.74, 6) is -0.245. The summed E-state index contributed by atoms with van der Waals surface area (Å²) >= 11 is 0. The molecule has 0 spiro atoms. The van der Waals surface area contributed by atoms with Crippen LogP contribution in [0, 0.1) is 0 Å². The molecule has 0 bridgehead atoms. The summed E-state index contributed by atoms with van der Waals surface area (Å²) in [7, 11) is 0. The number of carbonyl (C=O) groups is 1. The zero-order chi connectivity index (χ0) is 69.6. The van der Waals surface area contributed by atoms with E-state index in [-0.39, 0.29) is 18.9 Å². The molecular weight excluding hydrogens is 1230 g/mol. The fourth-order valence-corrected chi connectivity index (χ4v) is 12.4. The number of aliphatic hydroxyl groups excluding tert-OH is 11. The van der Waals surface area contributed by atoms with Crippen LogP contribution in [-0.2, 0) is 33.2 Å². The summed E-state index contributed by atoms with van der Waals surface area (Å²) in [4.78, 5) is 13.5. The molecule has 3 aliphatic heterocycles. The van der Waals surface area contributed by atoms with Crippen molar-refractivity contribution in [2.24, 2.45) is 0 Å². The summed E-state index contributed by atoms with van der Waals surface area (Å²) in [5, 5.41) is 121. The molecule has 17 atom stereocenters. The number of hydrogen-bond acceptors (Lipinski definition) is 18. The summed E-state index contributed by atoms with van der Waals surface area (Å²) in [6, 6.07) is -0.892. The Balaban J connectivity index is 1.35. The molecule has 0 aromatic rings. The van der Waals surface area contributed by atoms with Crippen LogP contribution < -0.4 is 5.32 Å². The molecular formula is C77H135NO18. The van der Waals surface area contributed by atoms with Gasteiger partial charge in [-0.2, -0.15) is 0 Å². The number of allylic oxidation sites excluding steroid dienone is 14. The first-order valence-electron chi connectivity index (χ1n) is 37.8. The molecule has 19 heteroatoms. The van der Waals surface area contributed by atoms with Crippen LogP contribution in [-0.4, -0.2) is 193 Å². The van der Waals surface area contributed by atoms with Crippen molar-refractivity contribution in [3.63, 3.8) is 0 Å². The van der Waals surface area contributed by atoms with E-state index < -0.39 is 124 Å². The Morgan fingerprint density at radius 3 is 1.12 bits per heavy atom. The Labute approximate surface area is 578 Å². The second kappa shape index (κ2) is 57.6. The molecule has 3 saturated heterocycles. The van der Waals surface area contributed by atoms with E-state index in [1.807, 2.05) is 0 Å². The number of amides is 1. The molecule has 3 heterocycles. The molecule has 3 fully saturated rings. The minimum absolute atomic E-state index is 0.245. The van der Waals surface area contributed by atoms with Gasteiger partial charge < -0.3 is 89.9 Å². The number of aliphatic hydroxyl groups is 11. The van der Waals surface area contributed by atoms with Crippen molar-refractivity contribution in [2.75, 3.05) is 26.4 Å². The normalized spacial score (nSPS) is 27.5. The van der Waals surface area contributed by atoms with Gasteiger partial charge in [0.15, 0.2) is 18.9 Å². The van der Waals surface area contributed by atoms with Gasteiger partial charge in [0.05, 0.1) is 38.6 Å². The van der Waals surface area contributed by atoms with Crippen LogP contribution >= 0.6 is 0 Å². The predicted molar refractivity (Wildman–Crippen MR) is 378 cm³/mol. The average Bonchev–Trinajstić information content (AvgIpc) is 0.798. The Hall–Kier alpha value is -3.03. The molecule has 0 aromatic carbocycles. The van der Waals surface area contributed by atoms with Crippen molar-refractivity contribution in [2.45, 2.75) is 369 Å². The van der Waals surface area contributed by atoms with Gasteiger partial charge in [-0.1, -0.05) is 272 Å². The highest BCUT2D eigenvalue weighted by Gasteiger charge is 2.53. The quantitative estimate of drug-likeness (QED) is 0.0199. The maximum atomic E-state index is 13.5. The van der Waals surface area contributed by atoms with E-state index in [1.54, 1.807) is 0 Å². The lowest BCUT2D eigenvalue weighted by molar-refractivity contribution is -0.379. The topological polar surface area (TPSA) is 307 Å². The van der Waals surface area contributed by atoms with Crippen molar-refractivity contribution in [3.05, 3.63) is 85.1 Å². The number of carbonyl (C=O) groups excluding carboxylic acids is 1. The third-order valence-corrected chi connectivity index (χ3v) is 18.5. The van der Waals surface area contributed by atoms with E-state index in [0.717, 1.165) is 96.3 Å². The van der Waals surface area contributed by atoms with Gasteiger partial charge in [-0.15, -0.1) is 0 Å². The molecule has 0 aliphatic carbocycles. The van der Waals surface area contributed by atoms with Crippen molar-refractivity contribution in [1.29, 1.82) is 0 Å². The van der Waals surface area contributed by atoms with Gasteiger partial charge in [-0.25, -0.2) is 0 Å². The average molecular weight is 1360 g/mol. The molecule has 0 saturated carbocycles. The molecule has 17 unspecified atom stereocenters. The van der Waals surface area contributed by atoms with Crippen LogP contribution in [0.3, 0.4) is 0 Å². The van der Waals surface area contributed by atoms with E-state index in [9.17, 15) is 61.0 Å². The fraction of sp³-hybridized carbons (Fsp3) is 0.805. The minimum Gasteiger partial charge on any atom is -0.394 e. The fourth-order valence-electron chi connectivity index (χ4n) is 12.4. The Bertz CT molecular complexity index is 2070. The van der Waals surface area contributed by atoms with E-state index in [2.05, 4.69) is 104 Å². The number of hydrogen-bond donors (Lipinski definition) is 12. The zero-order valence-corrected chi connectivity index (χ0v) is 59.1. The van der Waals surface area contributed by atoms with Gasteiger partial charge >= 0.3 is 0 Å². The molecule has 3 aliphatic rings. The maximum absolute atomic E-state index is 13.5. The Kier molecular flexibility index (Phi) is 52.3. The highest BCUT2D eigenvalue weighted by molar-refractivity contribution is 5.76. The molecule has 12 N–H and O–H groups in total. The number of nitrogens with one attached hydrogen (secondary N) is 1. The van der Waals surface area contributed by atoms with Crippen LogP contribution in [0.5, 0.6) is 0 Å². The van der Waals surface area contributed by atoms with Crippen molar-refractivity contribution in [1.82, 2.24) is 5.32 Å². The van der Waals surface area contributed by atoms with Gasteiger partial charge in [0.2, 0.25) is 5.91 Å². The Morgan fingerprint density at radius 2 is 0.719 bits per heavy atom. The molecule has 96 heavy (non-hydrogen) atoms. The summed E-state index contributed by atoms with van der Waals surface area (Å²) < 4.78 is 34.5. The minimum atomic E-state index is -1.97. The molecule has 0 aromatic heterocycles. The SMILES string of the molecule is CC/C=C\C/C=C\C/C=C\C/C=C\C/C=C\C/C=C\C/C=C\CCCCCCCCCCCCCCCC(=O)NC(COC1OC(CO)C(OC2OC(CO)C(OC3OC(CO)C(O)C(O)C3O)C(O)C2O)C(O)C1O)C(O)CCCCCCCCCCCCCCCCCC. The smallest absolute Gasteiger partial charge is 0.220 e. The van der Waals surface area contributed by atoms with E-state index >= 15 is 0 Å². The number of unbranched alkanes of at least 4 members (excludes halogenated alkanes) is 28. The first kappa shape index (κ1) is 87.2. The molecule has 0 radical (unpaired) electrons. The van der Waals surface area contributed by atoms with E-state index in [4.69, 9.17) is 28.4 Å². The predicted octanol–water partition coefficient (Wildman–Crippen LogP) is 11.4. The standard InChI is InChI=1S/C77H135NO18/c1-3-5-7-9-11-13-15-17-19-21-22-23-24-25-26-27-28-29-30-31-32-33-34-35-36-37-38-39-41-43-45-47-49-51-53-55-65(83)78-60(61(82)54-52-50-48-46-44-42-40-20-18-16-14-12-10-8-6-4-2)59-91-75-71(89)68(86)73(63(57-80)93-75)96-77-72(90)69(87)74(64(58-81)94-77)95-76-70(88)67(85)66(84)62(56-79)92-76/h5,7,11,13,17,19,22-23,25-26,28-29,31-32,60-64,66-77,79-82,84-90H,3-4,6,8-10,12,14-16,18,20-21,24,27,30,33-59H2,1-2H3,(H,78,83)/b7-5-,13-11-,19-17-,23-22-,26-25-,29-28-,32-31-. The third-order valence-electron chi connectivity index (χ3n) is 18.5. The largest absolute Gasteiger partial charge is 0.394 e. The van der Waals surface area contributed by atoms with Crippen LogP contribution in [0.4, 0.5) is 0 Å². The zero-order valence-electron chi connectivity index (χ0n) is 59.1. The van der Waals surface area contributed by atoms with Gasteiger partial charge in [-0.05, 0) is 70.6 Å². The van der Waals surface area contributed by atoms with E-state index in [0.29, 0.717) is 12.8 Å². The first-order valence-corrected chi connectivity index (χ1v) is 37.8. The van der Waals surface area contributed by atoms with Crippen molar-refractivity contribution in [3.8, 4) is 0 Å². The molecule has 556 valence electrons. The van der Waals surface area contributed by atoms with Crippen molar-refractivity contribution < 1.29 is 89.4 Å². The monoisotopic (exact) mass is 1360 g/mol. The third kappa shape index (κ3) is 38.1. The number of ether oxygens (including phenoxy) is 6. The van der Waals surface area contributed by atoms with Crippen LogP contribution in [0.2, 0.25) is 0 Å². The van der Waals surface area contributed by atoms with Crippen LogP contribution in [0.15, 0.2) is 85.1 Å². The first-order chi connectivity index (χ1) is 46.8. The molecule has 3 rings (SSSR count). The highest BCUT2D eigenvalue weighted by atomic mass is 16.8.